The molecule has 14 heavy (non-hydrogen) atoms. The minimum Gasteiger partial charge on any atom is -0.481 e. The topological polar surface area (TPSA) is 66.4 Å². The van der Waals surface area contributed by atoms with Crippen molar-refractivity contribution in [3.63, 3.8) is 0 Å². The van der Waals surface area contributed by atoms with Gasteiger partial charge in [0.15, 0.2) is 0 Å². The Morgan fingerprint density at radius 1 is 1.57 bits per heavy atom. The van der Waals surface area contributed by atoms with Gasteiger partial charge in [-0.1, -0.05) is 0 Å². The summed E-state index contributed by atoms with van der Waals surface area (Å²) in [6.07, 6.45) is 2.28. The fourth-order valence-electron chi connectivity index (χ4n) is 0.945. The van der Waals surface area contributed by atoms with Crippen LogP contribution in [0.2, 0.25) is 0 Å². The molecule has 0 bridgehead atoms. The van der Waals surface area contributed by atoms with E-state index < -0.39 is 5.97 Å². The molecule has 80 valence electrons. The van der Waals surface area contributed by atoms with Crippen LogP contribution in [0.25, 0.3) is 0 Å². The average molecular weight is 217 g/mol. The Balaban J connectivity index is 2.09. The quantitative estimate of drug-likeness (QED) is 0.692. The smallest absolute Gasteiger partial charge is 0.304 e. The zero-order valence-electron chi connectivity index (χ0n) is 8.16. The van der Waals surface area contributed by atoms with Crippen molar-refractivity contribution in [2.75, 3.05) is 5.75 Å². The van der Waals surface area contributed by atoms with E-state index in [9.17, 15) is 9.59 Å². The molecule has 0 radical (unpaired) electrons. The monoisotopic (exact) mass is 217 g/mol. The zero-order valence-corrected chi connectivity index (χ0v) is 8.97. The van der Waals surface area contributed by atoms with Gasteiger partial charge in [-0.15, -0.1) is 11.8 Å². The van der Waals surface area contributed by atoms with Crippen LogP contribution in [0.15, 0.2) is 0 Å². The number of carboxylic acids is 1. The second kappa shape index (κ2) is 5.24. The van der Waals surface area contributed by atoms with Gasteiger partial charge >= 0.3 is 5.97 Å². The van der Waals surface area contributed by atoms with Crippen LogP contribution in [0, 0.1) is 0 Å². The standard InChI is InChI=1S/C9H15NO3S/c1-6(14-5-4-8(11)12)9(13)10-7-2-3-7/h6-7H,2-5H2,1H3,(H,10,13)(H,11,12). The molecule has 1 aliphatic rings. The number of hydrogen-bond donors (Lipinski definition) is 2. The molecule has 1 aliphatic carbocycles. The van der Waals surface area contributed by atoms with Crippen molar-refractivity contribution in [1.29, 1.82) is 0 Å². The third-order valence-corrected chi connectivity index (χ3v) is 3.13. The third-order valence-electron chi connectivity index (χ3n) is 1.98. The fourth-order valence-corrected chi connectivity index (χ4v) is 1.81. The Morgan fingerprint density at radius 2 is 2.21 bits per heavy atom. The van der Waals surface area contributed by atoms with Crippen molar-refractivity contribution in [3.05, 3.63) is 0 Å². The summed E-state index contributed by atoms with van der Waals surface area (Å²) in [6, 6.07) is 0.380. The first kappa shape index (κ1) is 11.4. The maximum atomic E-state index is 11.4. The van der Waals surface area contributed by atoms with Gasteiger partial charge in [-0.05, 0) is 19.8 Å². The molecule has 1 saturated carbocycles. The highest BCUT2D eigenvalue weighted by Gasteiger charge is 2.25. The maximum Gasteiger partial charge on any atom is 0.304 e. The van der Waals surface area contributed by atoms with E-state index in [1.807, 2.05) is 6.92 Å². The van der Waals surface area contributed by atoms with Gasteiger partial charge in [-0.25, -0.2) is 0 Å². The molecule has 0 aliphatic heterocycles. The Kier molecular flexibility index (Phi) is 4.25. The lowest BCUT2D eigenvalue weighted by molar-refractivity contribution is -0.136. The number of carbonyl (C=O) groups excluding carboxylic acids is 1. The van der Waals surface area contributed by atoms with Crippen molar-refractivity contribution < 1.29 is 14.7 Å². The number of carboxylic acid groups (broad SMARTS) is 1. The molecule has 0 saturated heterocycles. The molecule has 1 atom stereocenters. The Hall–Kier alpha value is -0.710. The third kappa shape index (κ3) is 4.50. The summed E-state index contributed by atoms with van der Waals surface area (Å²) in [5.41, 5.74) is 0. The predicted molar refractivity (Wildman–Crippen MR) is 55.3 cm³/mol. The fraction of sp³-hybridized carbons (Fsp3) is 0.778. The van der Waals surface area contributed by atoms with Gasteiger partial charge < -0.3 is 10.4 Å². The molecule has 1 unspecified atom stereocenters. The van der Waals surface area contributed by atoms with Crippen molar-refractivity contribution in [3.8, 4) is 0 Å². The predicted octanol–water partition coefficient (Wildman–Crippen LogP) is 0.861. The number of aliphatic carboxylic acids is 1. The lowest BCUT2D eigenvalue weighted by atomic mass is 10.4. The molecule has 0 spiro atoms. The first-order valence-electron chi connectivity index (χ1n) is 4.73. The number of rotatable bonds is 6. The molecule has 1 fully saturated rings. The first-order valence-corrected chi connectivity index (χ1v) is 5.78. The zero-order chi connectivity index (χ0) is 10.6. The van der Waals surface area contributed by atoms with Gasteiger partial charge in [0.1, 0.15) is 0 Å². The minimum atomic E-state index is -0.813. The molecule has 0 aromatic heterocycles. The number of hydrogen-bond acceptors (Lipinski definition) is 3. The van der Waals surface area contributed by atoms with E-state index in [1.165, 1.54) is 11.8 Å². The molecule has 0 aromatic rings. The van der Waals surface area contributed by atoms with Crippen LogP contribution in [-0.2, 0) is 9.59 Å². The molecule has 2 N–H and O–H groups in total. The van der Waals surface area contributed by atoms with Crippen LogP contribution in [-0.4, -0.2) is 34.0 Å². The Labute approximate surface area is 87.4 Å². The van der Waals surface area contributed by atoms with Gasteiger partial charge in [0.05, 0.1) is 11.7 Å². The lowest BCUT2D eigenvalue weighted by Gasteiger charge is -2.10. The Morgan fingerprint density at radius 3 is 2.71 bits per heavy atom. The van der Waals surface area contributed by atoms with Crippen molar-refractivity contribution in [2.24, 2.45) is 0 Å². The number of thioether (sulfide) groups is 1. The SMILES string of the molecule is CC(SCCC(=O)O)C(=O)NC1CC1. The molecular formula is C9H15NO3S. The highest BCUT2D eigenvalue weighted by Crippen LogP contribution is 2.20. The largest absolute Gasteiger partial charge is 0.481 e. The first-order chi connectivity index (χ1) is 6.59. The number of amides is 1. The summed E-state index contributed by atoms with van der Waals surface area (Å²) in [5, 5.41) is 11.1. The number of carbonyl (C=O) groups is 2. The molecule has 4 nitrogen and oxygen atoms in total. The van der Waals surface area contributed by atoms with E-state index >= 15 is 0 Å². The summed E-state index contributed by atoms with van der Waals surface area (Å²) in [6.45, 7) is 1.81. The molecule has 5 heteroatoms. The van der Waals surface area contributed by atoms with Crippen molar-refractivity contribution in [1.82, 2.24) is 5.32 Å². The Bertz CT molecular complexity index is 228. The number of nitrogens with one attached hydrogen (secondary N) is 1. The van der Waals surface area contributed by atoms with E-state index in [4.69, 9.17) is 5.11 Å². The highest BCUT2D eigenvalue weighted by molar-refractivity contribution is 8.00. The molecule has 1 amide bonds. The molecule has 1 rings (SSSR count). The van der Waals surface area contributed by atoms with Gasteiger partial charge in [-0.3, -0.25) is 9.59 Å². The highest BCUT2D eigenvalue weighted by atomic mass is 32.2. The van der Waals surface area contributed by atoms with Crippen molar-refractivity contribution >= 4 is 23.6 Å². The van der Waals surface area contributed by atoms with Gasteiger partial charge in [0.2, 0.25) is 5.91 Å². The molecule has 0 heterocycles. The second-order valence-corrected chi connectivity index (χ2v) is 4.89. The van der Waals surface area contributed by atoms with Crippen LogP contribution in [0.5, 0.6) is 0 Å². The summed E-state index contributed by atoms with van der Waals surface area (Å²) < 4.78 is 0. The van der Waals surface area contributed by atoms with Crippen LogP contribution in [0.4, 0.5) is 0 Å². The normalized spacial score (nSPS) is 17.5. The van der Waals surface area contributed by atoms with E-state index in [0.717, 1.165) is 12.8 Å². The van der Waals surface area contributed by atoms with Gasteiger partial charge in [0.25, 0.3) is 0 Å². The average Bonchev–Trinajstić information content (AvgIpc) is 2.87. The lowest BCUT2D eigenvalue weighted by Crippen LogP contribution is -2.32. The summed E-state index contributed by atoms with van der Waals surface area (Å²) in [4.78, 5) is 21.6. The van der Waals surface area contributed by atoms with E-state index in [-0.39, 0.29) is 17.6 Å². The summed E-state index contributed by atoms with van der Waals surface area (Å²) >= 11 is 1.39. The summed E-state index contributed by atoms with van der Waals surface area (Å²) in [7, 11) is 0. The molecular weight excluding hydrogens is 202 g/mol. The molecule has 0 aromatic carbocycles. The van der Waals surface area contributed by atoms with Crippen LogP contribution >= 0.6 is 11.8 Å². The van der Waals surface area contributed by atoms with Gasteiger partial charge in [-0.2, -0.15) is 0 Å². The van der Waals surface area contributed by atoms with Crippen LogP contribution < -0.4 is 5.32 Å². The minimum absolute atomic E-state index is 0.0305. The van der Waals surface area contributed by atoms with Crippen molar-refractivity contribution in [2.45, 2.75) is 37.5 Å². The van der Waals surface area contributed by atoms with E-state index in [0.29, 0.717) is 11.8 Å². The van der Waals surface area contributed by atoms with Crippen LogP contribution in [0.3, 0.4) is 0 Å². The van der Waals surface area contributed by atoms with E-state index in [1.54, 1.807) is 0 Å². The maximum absolute atomic E-state index is 11.4. The van der Waals surface area contributed by atoms with Gasteiger partial charge in [0, 0.05) is 11.8 Å². The van der Waals surface area contributed by atoms with E-state index in [2.05, 4.69) is 5.32 Å². The van der Waals surface area contributed by atoms with Crippen LogP contribution in [0.1, 0.15) is 26.2 Å². The summed E-state index contributed by atoms with van der Waals surface area (Å²) in [5.74, 6) is -0.288. The second-order valence-electron chi connectivity index (χ2n) is 3.44.